The lowest BCUT2D eigenvalue weighted by Crippen LogP contribution is -2.30. The summed E-state index contributed by atoms with van der Waals surface area (Å²) in [6.45, 7) is 4.45. The first-order chi connectivity index (χ1) is 18.9. The first kappa shape index (κ1) is 29.0. The van der Waals surface area contributed by atoms with Gasteiger partial charge in [0.2, 0.25) is 0 Å². The second-order valence-electron chi connectivity index (χ2n) is 10.1. The summed E-state index contributed by atoms with van der Waals surface area (Å²) < 4.78 is 71.0. The van der Waals surface area contributed by atoms with Crippen LogP contribution in [0.2, 0.25) is 0 Å². The van der Waals surface area contributed by atoms with Crippen molar-refractivity contribution in [3.63, 3.8) is 0 Å². The Morgan fingerprint density at radius 2 is 1.26 bits per heavy atom. The zero-order valence-electron chi connectivity index (χ0n) is 22.6. The van der Waals surface area contributed by atoms with Crippen molar-refractivity contribution in [3.05, 3.63) is 95.1 Å². The maximum atomic E-state index is 15.1. The number of rotatable bonds is 11. The highest BCUT2D eigenvalue weighted by molar-refractivity contribution is 5.71. The molecule has 208 valence electrons. The third-order valence-electron chi connectivity index (χ3n) is 7.29. The Morgan fingerprint density at radius 1 is 0.692 bits per heavy atom. The van der Waals surface area contributed by atoms with Gasteiger partial charge in [-0.15, -0.1) is 0 Å². The monoisotopic (exact) mass is 540 g/mol. The molecule has 0 aliphatic carbocycles. The molecule has 0 atom stereocenters. The van der Waals surface area contributed by atoms with Crippen LogP contribution in [0, 0.1) is 23.3 Å². The van der Waals surface area contributed by atoms with Crippen molar-refractivity contribution in [1.29, 1.82) is 0 Å². The summed E-state index contributed by atoms with van der Waals surface area (Å²) in [7, 11) is 0. The van der Waals surface area contributed by atoms with Gasteiger partial charge < -0.3 is 9.47 Å². The highest BCUT2D eigenvalue weighted by Gasteiger charge is 2.27. The van der Waals surface area contributed by atoms with Gasteiger partial charge >= 0.3 is 0 Å². The normalized spacial score (nSPS) is 17.7. The van der Waals surface area contributed by atoms with E-state index in [1.807, 2.05) is 13.0 Å². The van der Waals surface area contributed by atoms with Crippen LogP contribution in [0.4, 0.5) is 17.6 Å². The first-order valence-electron chi connectivity index (χ1n) is 13.9. The largest absolute Gasteiger partial charge is 0.348 e. The molecule has 0 unspecified atom stereocenters. The summed E-state index contributed by atoms with van der Waals surface area (Å²) in [5.41, 5.74) is 1.71. The topological polar surface area (TPSA) is 18.5 Å². The molecule has 1 aliphatic heterocycles. The number of halogens is 4. The lowest BCUT2D eigenvalue weighted by Gasteiger charge is -2.28. The van der Waals surface area contributed by atoms with Crippen molar-refractivity contribution in [2.45, 2.75) is 71.0 Å². The van der Waals surface area contributed by atoms with E-state index in [-0.39, 0.29) is 29.9 Å². The molecule has 3 aromatic rings. The fraction of sp³-hybridized carbons (Fsp3) is 0.394. The van der Waals surface area contributed by atoms with Gasteiger partial charge in [-0.2, -0.15) is 0 Å². The summed E-state index contributed by atoms with van der Waals surface area (Å²) in [6, 6.07) is 12.7. The van der Waals surface area contributed by atoms with Crippen LogP contribution in [0.25, 0.3) is 22.3 Å². The molecule has 1 aliphatic rings. The first-order valence-corrected chi connectivity index (χ1v) is 13.9. The molecule has 0 radical (unpaired) electrons. The molecule has 0 bridgehead atoms. The maximum Gasteiger partial charge on any atom is 0.176 e. The van der Waals surface area contributed by atoms with Gasteiger partial charge in [0.25, 0.3) is 0 Å². The molecule has 39 heavy (non-hydrogen) atoms. The van der Waals surface area contributed by atoms with Gasteiger partial charge in [-0.25, -0.2) is 17.6 Å². The standard InChI is InChI=1S/C33H36F4O2/c1-3-5-6-7-8-9-11-24-16-17-26(31(35)30(24)34)22-12-14-23(15-13-22)27-18-19-28(33(37)32(27)36)25-20-38-29(10-4-2)39-21-25/h4,10,12-19,25,29H,3,5-9,11,20-21H2,1-2H3/b10-4+. The minimum absolute atomic E-state index is 0.0909. The molecule has 0 aromatic heterocycles. The molecule has 2 nitrogen and oxygen atoms in total. The minimum Gasteiger partial charge on any atom is -0.348 e. The lowest BCUT2D eigenvalue weighted by atomic mass is 9.94. The quantitative estimate of drug-likeness (QED) is 0.137. The second-order valence-corrected chi connectivity index (χ2v) is 10.1. The predicted octanol–water partition coefficient (Wildman–Crippen LogP) is 9.51. The van der Waals surface area contributed by atoms with Gasteiger partial charge in [-0.05, 0) is 48.1 Å². The van der Waals surface area contributed by atoms with Crippen molar-refractivity contribution in [2.75, 3.05) is 13.2 Å². The van der Waals surface area contributed by atoms with Gasteiger partial charge in [0.15, 0.2) is 29.6 Å². The Kier molecular flexibility index (Phi) is 10.4. The van der Waals surface area contributed by atoms with E-state index in [9.17, 15) is 8.78 Å². The van der Waals surface area contributed by atoms with E-state index in [4.69, 9.17) is 9.47 Å². The zero-order valence-corrected chi connectivity index (χ0v) is 22.6. The third kappa shape index (κ3) is 6.98. The van der Waals surface area contributed by atoms with Crippen molar-refractivity contribution >= 4 is 0 Å². The fourth-order valence-electron chi connectivity index (χ4n) is 5.00. The van der Waals surface area contributed by atoms with Crippen LogP contribution in [-0.2, 0) is 15.9 Å². The highest BCUT2D eigenvalue weighted by atomic mass is 19.2. The van der Waals surface area contributed by atoms with Gasteiger partial charge in [0.1, 0.15) is 0 Å². The Bertz CT molecular complexity index is 1260. The van der Waals surface area contributed by atoms with E-state index in [0.717, 1.165) is 19.3 Å². The molecular formula is C33H36F4O2. The van der Waals surface area contributed by atoms with E-state index in [1.165, 1.54) is 25.3 Å². The molecule has 1 saturated heterocycles. The van der Waals surface area contributed by atoms with E-state index in [2.05, 4.69) is 6.92 Å². The summed E-state index contributed by atoms with van der Waals surface area (Å²) in [4.78, 5) is 0. The molecule has 0 amide bonds. The molecule has 1 fully saturated rings. The number of hydrogen-bond donors (Lipinski definition) is 0. The summed E-state index contributed by atoms with van der Waals surface area (Å²) in [5.74, 6) is -4.03. The van der Waals surface area contributed by atoms with Crippen LogP contribution in [0.15, 0.2) is 60.7 Å². The van der Waals surface area contributed by atoms with Crippen LogP contribution in [0.3, 0.4) is 0 Å². The number of aryl methyl sites for hydroxylation is 1. The van der Waals surface area contributed by atoms with Crippen molar-refractivity contribution in [3.8, 4) is 22.3 Å². The van der Waals surface area contributed by atoms with E-state index < -0.39 is 35.5 Å². The van der Waals surface area contributed by atoms with Crippen molar-refractivity contribution in [2.24, 2.45) is 0 Å². The molecule has 0 N–H and O–H groups in total. The van der Waals surface area contributed by atoms with E-state index in [0.29, 0.717) is 23.1 Å². The molecule has 0 saturated carbocycles. The summed E-state index contributed by atoms with van der Waals surface area (Å²) in [5, 5.41) is 0. The Hall–Kier alpha value is -2.96. The summed E-state index contributed by atoms with van der Waals surface area (Å²) in [6.07, 6.45) is 10.1. The third-order valence-corrected chi connectivity index (χ3v) is 7.29. The van der Waals surface area contributed by atoms with Crippen molar-refractivity contribution in [1.82, 2.24) is 0 Å². The predicted molar refractivity (Wildman–Crippen MR) is 147 cm³/mol. The van der Waals surface area contributed by atoms with Gasteiger partial charge in [-0.3, -0.25) is 0 Å². The lowest BCUT2D eigenvalue weighted by molar-refractivity contribution is -0.159. The molecule has 4 rings (SSSR count). The minimum atomic E-state index is -0.966. The van der Waals surface area contributed by atoms with E-state index >= 15 is 8.78 Å². The SMILES string of the molecule is C/C=C/C1OCC(c2ccc(-c3ccc(-c4ccc(CCCCCCCC)c(F)c4F)cc3)c(F)c2F)CO1. The van der Waals surface area contributed by atoms with E-state index in [1.54, 1.807) is 48.5 Å². The zero-order chi connectivity index (χ0) is 27.8. The maximum absolute atomic E-state index is 15.1. The Morgan fingerprint density at radius 3 is 1.87 bits per heavy atom. The Balaban J connectivity index is 1.45. The van der Waals surface area contributed by atoms with Crippen LogP contribution in [-0.4, -0.2) is 19.5 Å². The second kappa shape index (κ2) is 13.9. The number of benzene rings is 3. The average Bonchev–Trinajstić information content (AvgIpc) is 2.95. The van der Waals surface area contributed by atoms with Crippen LogP contribution < -0.4 is 0 Å². The number of hydrogen-bond acceptors (Lipinski definition) is 2. The molecule has 0 spiro atoms. The van der Waals surface area contributed by atoms with Gasteiger partial charge in [0, 0.05) is 17.0 Å². The average molecular weight is 541 g/mol. The van der Waals surface area contributed by atoms with Crippen LogP contribution >= 0.6 is 0 Å². The molecule has 3 aromatic carbocycles. The molecule has 6 heteroatoms. The van der Waals surface area contributed by atoms with Crippen molar-refractivity contribution < 1.29 is 27.0 Å². The van der Waals surface area contributed by atoms with Gasteiger partial charge in [0.05, 0.1) is 13.2 Å². The van der Waals surface area contributed by atoms with Crippen LogP contribution in [0.5, 0.6) is 0 Å². The molecule has 1 heterocycles. The van der Waals surface area contributed by atoms with Gasteiger partial charge in [-0.1, -0.05) is 93.6 Å². The van der Waals surface area contributed by atoms with Crippen LogP contribution in [0.1, 0.15) is 69.4 Å². The number of unbranched alkanes of at least 4 members (excludes halogenated alkanes) is 5. The Labute approximate surface area is 228 Å². The highest BCUT2D eigenvalue weighted by Crippen LogP contribution is 2.34. The number of allylic oxidation sites excluding steroid dienone is 1. The fourth-order valence-corrected chi connectivity index (χ4v) is 5.00. The summed E-state index contributed by atoms with van der Waals surface area (Å²) >= 11 is 0. The molecular weight excluding hydrogens is 504 g/mol. The number of ether oxygens (including phenoxy) is 2. The smallest absolute Gasteiger partial charge is 0.176 e.